The van der Waals surface area contributed by atoms with Crippen LogP contribution in [0.2, 0.25) is 0 Å². The molecule has 0 aromatic heterocycles. The summed E-state index contributed by atoms with van der Waals surface area (Å²) in [4.78, 5) is 34.4. The van der Waals surface area contributed by atoms with Crippen molar-refractivity contribution in [3.63, 3.8) is 0 Å². The summed E-state index contributed by atoms with van der Waals surface area (Å²) in [6, 6.07) is 4.58. The first-order valence-corrected chi connectivity index (χ1v) is 10.0. The maximum absolute atomic E-state index is 12.7. The van der Waals surface area contributed by atoms with Crippen molar-refractivity contribution < 1.29 is 27.5 Å². The molecule has 0 saturated carbocycles. The van der Waals surface area contributed by atoms with E-state index in [9.17, 15) is 22.8 Å². The van der Waals surface area contributed by atoms with Crippen molar-refractivity contribution in [1.29, 1.82) is 0 Å². The number of hydrogen-bond acceptors (Lipinski definition) is 6. The zero-order chi connectivity index (χ0) is 20.0. The Kier molecular flexibility index (Phi) is 6.92. The minimum Gasteiger partial charge on any atom is -0.452 e. The number of hydrogen-bond donors (Lipinski definition) is 2. The minimum absolute atomic E-state index is 0.0628. The number of sulfonamides is 1. The monoisotopic (exact) mass is 397 g/mol. The molecule has 1 fully saturated rings. The number of urea groups is 1. The van der Waals surface area contributed by atoms with E-state index in [1.54, 1.807) is 0 Å². The summed E-state index contributed by atoms with van der Waals surface area (Å²) in [6.07, 6.45) is 2.65. The number of nitrogens with zero attached hydrogens (tertiary/aromatic N) is 1. The number of rotatable bonds is 5. The molecular weight excluding hydrogens is 374 g/mol. The van der Waals surface area contributed by atoms with E-state index in [4.69, 9.17) is 4.74 Å². The molecule has 0 unspecified atom stereocenters. The van der Waals surface area contributed by atoms with E-state index in [0.717, 1.165) is 19.3 Å². The van der Waals surface area contributed by atoms with Crippen molar-refractivity contribution in [3.8, 4) is 0 Å². The van der Waals surface area contributed by atoms with E-state index in [1.165, 1.54) is 35.6 Å². The van der Waals surface area contributed by atoms with Gasteiger partial charge in [0.25, 0.3) is 5.91 Å². The molecule has 0 aliphatic carbocycles. The first kappa shape index (κ1) is 20.8. The molecule has 1 atom stereocenters. The number of carbonyl (C=O) groups excluding carboxylic acids is 3. The van der Waals surface area contributed by atoms with Crippen LogP contribution in [0, 0.1) is 0 Å². The second kappa shape index (κ2) is 8.96. The van der Waals surface area contributed by atoms with E-state index in [1.807, 2.05) is 12.2 Å². The van der Waals surface area contributed by atoms with Crippen LogP contribution in [0.5, 0.6) is 0 Å². The molecule has 2 N–H and O–H groups in total. The number of carbonyl (C=O) groups is 3. The molecule has 9 nitrogen and oxygen atoms in total. The number of benzene rings is 1. The summed E-state index contributed by atoms with van der Waals surface area (Å²) in [6.45, 7) is 1.73. The van der Waals surface area contributed by atoms with Gasteiger partial charge in [0.2, 0.25) is 10.0 Å². The molecule has 1 aliphatic heterocycles. The Morgan fingerprint density at radius 2 is 1.85 bits per heavy atom. The SMILES string of the molecule is CNC(=O)NC(=O)COC(=O)c1ccc(S(=O)(=O)N2CCCC[C@H]2C)cc1. The van der Waals surface area contributed by atoms with Crippen molar-refractivity contribution in [3.05, 3.63) is 29.8 Å². The fourth-order valence-electron chi connectivity index (χ4n) is 2.77. The van der Waals surface area contributed by atoms with Crippen molar-refractivity contribution in [2.24, 2.45) is 0 Å². The molecule has 2 rings (SSSR count). The average Bonchev–Trinajstić information content (AvgIpc) is 2.66. The number of esters is 1. The second-order valence-corrected chi connectivity index (χ2v) is 8.08. The molecule has 0 bridgehead atoms. The van der Waals surface area contributed by atoms with E-state index in [0.29, 0.717) is 6.54 Å². The zero-order valence-corrected chi connectivity index (χ0v) is 16.0. The second-order valence-electron chi connectivity index (χ2n) is 6.19. The molecule has 10 heteroatoms. The number of piperidine rings is 1. The Morgan fingerprint density at radius 3 is 2.44 bits per heavy atom. The summed E-state index contributed by atoms with van der Waals surface area (Å²) < 4.78 is 31.8. The number of ether oxygens (including phenoxy) is 1. The highest BCUT2D eigenvalue weighted by Crippen LogP contribution is 2.25. The van der Waals surface area contributed by atoms with Crippen LogP contribution in [0.3, 0.4) is 0 Å². The van der Waals surface area contributed by atoms with Crippen LogP contribution in [0.25, 0.3) is 0 Å². The quantitative estimate of drug-likeness (QED) is 0.711. The van der Waals surface area contributed by atoms with Gasteiger partial charge in [-0.15, -0.1) is 0 Å². The number of amides is 3. The molecule has 1 aromatic rings. The maximum atomic E-state index is 12.7. The molecule has 1 saturated heterocycles. The third-order valence-electron chi connectivity index (χ3n) is 4.25. The Balaban J connectivity index is 2.00. The molecule has 27 heavy (non-hydrogen) atoms. The molecular formula is C17H23N3O6S. The van der Waals surface area contributed by atoms with Crippen molar-refractivity contribution in [2.75, 3.05) is 20.2 Å². The highest BCUT2D eigenvalue weighted by atomic mass is 32.2. The average molecular weight is 397 g/mol. The largest absolute Gasteiger partial charge is 0.452 e. The van der Waals surface area contributed by atoms with E-state index >= 15 is 0 Å². The highest BCUT2D eigenvalue weighted by molar-refractivity contribution is 7.89. The smallest absolute Gasteiger partial charge is 0.338 e. The molecule has 0 spiro atoms. The Bertz CT molecular complexity index is 806. The lowest BCUT2D eigenvalue weighted by Gasteiger charge is -2.32. The van der Waals surface area contributed by atoms with Crippen LogP contribution in [0.15, 0.2) is 29.2 Å². The molecule has 148 valence electrons. The van der Waals surface area contributed by atoms with Gasteiger partial charge in [0, 0.05) is 19.6 Å². The van der Waals surface area contributed by atoms with Gasteiger partial charge in [-0.05, 0) is 44.0 Å². The highest BCUT2D eigenvalue weighted by Gasteiger charge is 2.31. The number of imide groups is 1. The van der Waals surface area contributed by atoms with Crippen LogP contribution in [-0.4, -0.2) is 56.9 Å². The van der Waals surface area contributed by atoms with Gasteiger partial charge in [-0.25, -0.2) is 18.0 Å². The lowest BCUT2D eigenvalue weighted by Crippen LogP contribution is -2.41. The molecule has 3 amide bonds. The normalized spacial score (nSPS) is 17.8. The van der Waals surface area contributed by atoms with Crippen molar-refractivity contribution in [1.82, 2.24) is 14.9 Å². The summed E-state index contributed by atoms with van der Waals surface area (Å²) in [5.41, 5.74) is 0.105. The molecule has 1 aromatic carbocycles. The topological polar surface area (TPSA) is 122 Å². The maximum Gasteiger partial charge on any atom is 0.338 e. The van der Waals surface area contributed by atoms with E-state index in [2.05, 4.69) is 5.32 Å². The molecule has 1 heterocycles. The Labute approximate surface area is 158 Å². The van der Waals surface area contributed by atoms with Gasteiger partial charge in [-0.2, -0.15) is 4.31 Å². The van der Waals surface area contributed by atoms with Gasteiger partial charge >= 0.3 is 12.0 Å². The lowest BCUT2D eigenvalue weighted by atomic mass is 10.1. The van der Waals surface area contributed by atoms with E-state index < -0.39 is 34.5 Å². The van der Waals surface area contributed by atoms with Crippen LogP contribution in [0.4, 0.5) is 4.79 Å². The first-order valence-electron chi connectivity index (χ1n) is 8.56. The summed E-state index contributed by atoms with van der Waals surface area (Å²) in [5, 5.41) is 4.15. The van der Waals surface area contributed by atoms with Crippen LogP contribution >= 0.6 is 0 Å². The van der Waals surface area contributed by atoms with Gasteiger partial charge in [-0.3, -0.25) is 10.1 Å². The van der Waals surface area contributed by atoms with Crippen molar-refractivity contribution in [2.45, 2.75) is 37.1 Å². The fraction of sp³-hybridized carbons (Fsp3) is 0.471. The Hall–Kier alpha value is -2.46. The van der Waals surface area contributed by atoms with Gasteiger partial charge < -0.3 is 10.1 Å². The number of nitrogens with one attached hydrogen (secondary N) is 2. The summed E-state index contributed by atoms with van der Waals surface area (Å²) in [5.74, 6) is -1.57. The third kappa shape index (κ3) is 5.27. The lowest BCUT2D eigenvalue weighted by molar-refractivity contribution is -0.123. The van der Waals surface area contributed by atoms with Crippen LogP contribution < -0.4 is 10.6 Å². The fourth-order valence-corrected chi connectivity index (χ4v) is 4.47. The van der Waals surface area contributed by atoms with Crippen LogP contribution in [0.1, 0.15) is 36.5 Å². The summed E-state index contributed by atoms with van der Waals surface area (Å²) >= 11 is 0. The standard InChI is InChI=1S/C17H23N3O6S/c1-12-5-3-4-10-20(12)27(24,25)14-8-6-13(7-9-14)16(22)26-11-15(21)19-17(23)18-2/h6-9,12H,3-5,10-11H2,1-2H3,(H2,18,19,21,23)/t12-/m1/s1. The van der Waals surface area contributed by atoms with Crippen LogP contribution in [-0.2, 0) is 19.6 Å². The van der Waals surface area contributed by atoms with Gasteiger partial charge in [0.15, 0.2) is 6.61 Å². The third-order valence-corrected chi connectivity index (χ3v) is 6.28. The van der Waals surface area contributed by atoms with Crippen molar-refractivity contribution >= 4 is 27.9 Å². The van der Waals surface area contributed by atoms with Gasteiger partial charge in [0.05, 0.1) is 10.5 Å². The zero-order valence-electron chi connectivity index (χ0n) is 15.2. The molecule has 0 radical (unpaired) electrons. The predicted octanol–water partition coefficient (Wildman–Crippen LogP) is 0.862. The van der Waals surface area contributed by atoms with E-state index in [-0.39, 0.29) is 16.5 Å². The minimum atomic E-state index is -3.62. The predicted molar refractivity (Wildman–Crippen MR) is 96.5 cm³/mol. The molecule has 1 aliphatic rings. The first-order chi connectivity index (χ1) is 12.8. The van der Waals surface area contributed by atoms with Gasteiger partial charge in [-0.1, -0.05) is 6.42 Å². The van der Waals surface area contributed by atoms with Gasteiger partial charge in [0.1, 0.15) is 0 Å². The Morgan fingerprint density at radius 1 is 1.19 bits per heavy atom. The summed E-state index contributed by atoms with van der Waals surface area (Å²) in [7, 11) is -2.28.